The summed E-state index contributed by atoms with van der Waals surface area (Å²) in [5.41, 5.74) is 0.790. The van der Waals surface area contributed by atoms with Crippen molar-refractivity contribution in [2.45, 2.75) is 6.42 Å². The number of hydrogen-bond donors (Lipinski definition) is 0. The van der Waals surface area contributed by atoms with E-state index in [-0.39, 0.29) is 34.7 Å². The maximum Gasteiger partial charge on any atom is 0.355 e. The number of fused-ring (bicyclic) bond motifs is 1. The Morgan fingerprint density at radius 2 is 1.77 bits per heavy atom. The Bertz CT molecular complexity index is 1320. The van der Waals surface area contributed by atoms with Crippen LogP contribution in [0.4, 0.5) is 4.39 Å². The summed E-state index contributed by atoms with van der Waals surface area (Å²) in [7, 11) is 2.66. The molecule has 0 saturated heterocycles. The number of esters is 1. The number of methoxy groups -OCH3 is 2. The number of aromatic nitrogens is 4. The molecule has 3 aromatic heterocycles. The highest BCUT2D eigenvalue weighted by Gasteiger charge is 2.25. The molecule has 31 heavy (non-hydrogen) atoms. The van der Waals surface area contributed by atoms with Crippen LogP contribution in [0.1, 0.15) is 21.6 Å². The summed E-state index contributed by atoms with van der Waals surface area (Å²) >= 11 is 0. The van der Waals surface area contributed by atoms with E-state index in [9.17, 15) is 14.0 Å². The van der Waals surface area contributed by atoms with Gasteiger partial charge >= 0.3 is 12.0 Å². The van der Waals surface area contributed by atoms with Crippen LogP contribution in [0.5, 0.6) is 6.01 Å². The summed E-state index contributed by atoms with van der Waals surface area (Å²) in [5, 5.41) is 0.169. The summed E-state index contributed by atoms with van der Waals surface area (Å²) in [6.45, 7) is 0. The van der Waals surface area contributed by atoms with Crippen molar-refractivity contribution in [3.05, 3.63) is 87.9 Å². The molecular weight excluding hydrogens is 403 g/mol. The Morgan fingerprint density at radius 1 is 1.06 bits per heavy atom. The molecule has 0 radical (unpaired) electrons. The van der Waals surface area contributed by atoms with Crippen LogP contribution in [-0.2, 0) is 11.2 Å². The summed E-state index contributed by atoms with van der Waals surface area (Å²) in [5.74, 6) is -1.53. The highest BCUT2D eigenvalue weighted by atomic mass is 19.1. The predicted octanol–water partition coefficient (Wildman–Crippen LogP) is 2.70. The molecular formula is C22H17FN4O4. The van der Waals surface area contributed by atoms with Crippen LogP contribution in [-0.4, -0.2) is 39.7 Å². The van der Waals surface area contributed by atoms with Crippen molar-refractivity contribution in [1.82, 2.24) is 19.5 Å². The molecule has 0 aliphatic carbocycles. The van der Waals surface area contributed by atoms with Crippen molar-refractivity contribution in [2.24, 2.45) is 0 Å². The molecule has 3 heterocycles. The van der Waals surface area contributed by atoms with Gasteiger partial charge in [-0.15, -0.1) is 0 Å². The van der Waals surface area contributed by atoms with Crippen LogP contribution in [0, 0.1) is 5.95 Å². The molecule has 0 amide bonds. The van der Waals surface area contributed by atoms with Gasteiger partial charge in [-0.1, -0.05) is 18.2 Å². The fourth-order valence-electron chi connectivity index (χ4n) is 3.33. The topological polar surface area (TPSA) is 96.2 Å². The molecule has 9 heteroatoms. The lowest BCUT2D eigenvalue weighted by Crippen LogP contribution is -2.25. The lowest BCUT2D eigenvalue weighted by molar-refractivity contribution is 0.0590. The molecule has 4 rings (SSSR count). The number of ether oxygens (including phenoxy) is 2. The highest BCUT2D eigenvalue weighted by molar-refractivity contribution is 5.94. The first-order valence-corrected chi connectivity index (χ1v) is 9.26. The van der Waals surface area contributed by atoms with E-state index < -0.39 is 17.3 Å². The minimum absolute atomic E-state index is 0.0198. The number of pyridine rings is 2. The summed E-state index contributed by atoms with van der Waals surface area (Å²) in [6, 6.07) is 11.4. The van der Waals surface area contributed by atoms with E-state index >= 15 is 0 Å². The van der Waals surface area contributed by atoms with Crippen LogP contribution in [0.2, 0.25) is 0 Å². The van der Waals surface area contributed by atoms with Gasteiger partial charge in [-0.2, -0.15) is 4.39 Å². The van der Waals surface area contributed by atoms with Crippen LogP contribution in [0.15, 0.2) is 59.7 Å². The van der Waals surface area contributed by atoms with E-state index in [2.05, 4.69) is 15.0 Å². The van der Waals surface area contributed by atoms with E-state index in [0.29, 0.717) is 11.3 Å². The van der Waals surface area contributed by atoms with Crippen LogP contribution >= 0.6 is 0 Å². The van der Waals surface area contributed by atoms with Crippen molar-refractivity contribution in [3.63, 3.8) is 0 Å². The number of nitrogens with zero attached hydrogens (tertiary/aromatic N) is 4. The Kier molecular flexibility index (Phi) is 5.40. The molecule has 0 fully saturated rings. The zero-order valence-corrected chi connectivity index (χ0v) is 16.7. The van der Waals surface area contributed by atoms with Crippen molar-refractivity contribution >= 4 is 17.0 Å². The SMILES string of the molecule is COC(=O)c1c(Cc2cnc(OC)nc2)c(=O)c2ccc(F)nc2n1-c1ccccc1. The summed E-state index contributed by atoms with van der Waals surface area (Å²) in [4.78, 5) is 38.2. The molecule has 8 nitrogen and oxygen atoms in total. The summed E-state index contributed by atoms with van der Waals surface area (Å²) < 4.78 is 25.4. The Balaban J connectivity index is 2.07. The van der Waals surface area contributed by atoms with E-state index in [1.807, 2.05) is 0 Å². The highest BCUT2D eigenvalue weighted by Crippen LogP contribution is 2.23. The first kappa shape index (κ1) is 20.1. The van der Waals surface area contributed by atoms with E-state index in [1.165, 1.54) is 37.2 Å². The van der Waals surface area contributed by atoms with Gasteiger partial charge < -0.3 is 9.47 Å². The van der Waals surface area contributed by atoms with Gasteiger partial charge in [-0.3, -0.25) is 9.36 Å². The van der Waals surface area contributed by atoms with Gasteiger partial charge in [-0.05, 0) is 29.8 Å². The molecule has 0 bridgehead atoms. The molecule has 0 spiro atoms. The molecule has 156 valence electrons. The number of carbonyl (C=O) groups excluding carboxylic acids is 1. The third-order valence-corrected chi connectivity index (χ3v) is 4.72. The van der Waals surface area contributed by atoms with Gasteiger partial charge in [0, 0.05) is 30.1 Å². The lowest BCUT2D eigenvalue weighted by atomic mass is 10.0. The van der Waals surface area contributed by atoms with Gasteiger partial charge in [0.15, 0.2) is 11.1 Å². The molecule has 0 saturated carbocycles. The predicted molar refractivity (Wildman–Crippen MR) is 110 cm³/mol. The van der Waals surface area contributed by atoms with Gasteiger partial charge in [-0.25, -0.2) is 19.7 Å². The van der Waals surface area contributed by atoms with Crippen molar-refractivity contribution in [2.75, 3.05) is 14.2 Å². The number of carbonyl (C=O) groups is 1. The van der Waals surface area contributed by atoms with Crippen LogP contribution in [0.25, 0.3) is 16.7 Å². The van der Waals surface area contributed by atoms with Crippen LogP contribution < -0.4 is 10.2 Å². The first-order chi connectivity index (χ1) is 15.0. The second-order valence-electron chi connectivity index (χ2n) is 6.58. The van der Waals surface area contributed by atoms with Gasteiger partial charge in [0.1, 0.15) is 5.69 Å². The molecule has 0 atom stereocenters. The number of para-hydroxylation sites is 1. The third-order valence-electron chi connectivity index (χ3n) is 4.72. The fourth-order valence-corrected chi connectivity index (χ4v) is 3.33. The number of hydrogen-bond acceptors (Lipinski definition) is 7. The van der Waals surface area contributed by atoms with E-state index in [4.69, 9.17) is 9.47 Å². The third kappa shape index (κ3) is 3.73. The molecule has 0 N–H and O–H groups in total. The Morgan fingerprint density at radius 3 is 2.42 bits per heavy atom. The van der Waals surface area contributed by atoms with Crippen molar-refractivity contribution in [1.29, 1.82) is 0 Å². The van der Waals surface area contributed by atoms with Crippen LogP contribution in [0.3, 0.4) is 0 Å². The second kappa shape index (κ2) is 8.31. The maximum atomic E-state index is 14.0. The average Bonchev–Trinajstić information content (AvgIpc) is 2.81. The number of rotatable bonds is 5. The average molecular weight is 420 g/mol. The number of halogens is 1. The smallest absolute Gasteiger partial charge is 0.355 e. The maximum absolute atomic E-state index is 14.0. The van der Waals surface area contributed by atoms with Gasteiger partial charge in [0.05, 0.1) is 19.6 Å². The minimum Gasteiger partial charge on any atom is -0.467 e. The molecule has 0 aliphatic rings. The molecule has 0 aliphatic heterocycles. The zero-order chi connectivity index (χ0) is 22.0. The van der Waals surface area contributed by atoms with Gasteiger partial charge in [0.2, 0.25) is 5.95 Å². The Hall–Kier alpha value is -4.14. The minimum atomic E-state index is -0.774. The quantitative estimate of drug-likeness (QED) is 0.362. The fraction of sp³-hybridized carbons (Fsp3) is 0.136. The summed E-state index contributed by atoms with van der Waals surface area (Å²) in [6.07, 6.45) is 3.06. The molecule has 0 unspecified atom stereocenters. The molecule has 1 aromatic carbocycles. The largest absolute Gasteiger partial charge is 0.467 e. The zero-order valence-electron chi connectivity index (χ0n) is 16.7. The second-order valence-corrected chi connectivity index (χ2v) is 6.58. The molecule has 4 aromatic rings. The van der Waals surface area contributed by atoms with Crippen molar-refractivity contribution < 1.29 is 18.7 Å². The number of benzene rings is 1. The standard InChI is InChI=1S/C22H17FN4O4/c1-30-21(29)18-16(10-13-11-24-22(31-2)25-12-13)19(28)15-8-9-17(23)26-20(15)27(18)14-6-4-3-5-7-14/h3-9,11-12H,10H2,1-2H3. The normalized spacial score (nSPS) is 10.8. The lowest BCUT2D eigenvalue weighted by Gasteiger charge is -2.18. The monoisotopic (exact) mass is 420 g/mol. The van der Waals surface area contributed by atoms with Crippen molar-refractivity contribution in [3.8, 4) is 11.7 Å². The Labute approximate surface area is 175 Å². The van der Waals surface area contributed by atoms with Gasteiger partial charge in [0.25, 0.3) is 0 Å². The van der Waals surface area contributed by atoms with E-state index in [1.54, 1.807) is 30.3 Å². The first-order valence-electron chi connectivity index (χ1n) is 9.26. The van der Waals surface area contributed by atoms with E-state index in [0.717, 1.165) is 6.07 Å².